The van der Waals surface area contributed by atoms with Crippen LogP contribution >= 0.6 is 0 Å². The van der Waals surface area contributed by atoms with Gasteiger partial charge >= 0.3 is 0 Å². The standard InChI is InChI=1S/C11H15NO4/c1-16-8-10(13)7-6-9-4-2-3-5-11(9)12(14)15/h2-5,10,13H,6-8H2,1H3. The molecule has 5 nitrogen and oxygen atoms in total. The third kappa shape index (κ3) is 3.60. The van der Waals surface area contributed by atoms with Gasteiger partial charge in [0.2, 0.25) is 0 Å². The molecular formula is C11H15NO4. The molecule has 0 aromatic heterocycles. The Morgan fingerprint density at radius 2 is 2.19 bits per heavy atom. The van der Waals surface area contributed by atoms with Gasteiger partial charge in [-0.25, -0.2) is 0 Å². The number of ether oxygens (including phenoxy) is 1. The monoisotopic (exact) mass is 225 g/mol. The molecule has 0 heterocycles. The van der Waals surface area contributed by atoms with Crippen LogP contribution in [0, 0.1) is 10.1 Å². The van der Waals surface area contributed by atoms with Crippen LogP contribution in [0.25, 0.3) is 0 Å². The van der Waals surface area contributed by atoms with E-state index in [1.807, 2.05) is 0 Å². The summed E-state index contributed by atoms with van der Waals surface area (Å²) in [7, 11) is 1.51. The SMILES string of the molecule is COCC(O)CCc1ccccc1[N+](=O)[O-]. The lowest BCUT2D eigenvalue weighted by atomic mass is 10.1. The molecule has 0 aliphatic rings. The molecule has 0 bridgehead atoms. The first-order chi connectivity index (χ1) is 7.65. The van der Waals surface area contributed by atoms with Gasteiger partial charge in [-0.3, -0.25) is 10.1 Å². The zero-order valence-corrected chi connectivity index (χ0v) is 9.13. The molecule has 5 heteroatoms. The summed E-state index contributed by atoms with van der Waals surface area (Å²) in [6.45, 7) is 0.251. The molecule has 1 aromatic carbocycles. The van der Waals surface area contributed by atoms with E-state index >= 15 is 0 Å². The summed E-state index contributed by atoms with van der Waals surface area (Å²) in [5.74, 6) is 0. The van der Waals surface area contributed by atoms with Crippen LogP contribution in [-0.2, 0) is 11.2 Å². The van der Waals surface area contributed by atoms with Crippen molar-refractivity contribution in [1.82, 2.24) is 0 Å². The van der Waals surface area contributed by atoms with Gasteiger partial charge in [0.15, 0.2) is 0 Å². The first kappa shape index (κ1) is 12.6. The molecule has 0 spiro atoms. The van der Waals surface area contributed by atoms with Gasteiger partial charge in [0.1, 0.15) is 0 Å². The van der Waals surface area contributed by atoms with Crippen molar-refractivity contribution in [1.29, 1.82) is 0 Å². The zero-order chi connectivity index (χ0) is 12.0. The molecule has 0 saturated heterocycles. The van der Waals surface area contributed by atoms with Crippen molar-refractivity contribution in [3.8, 4) is 0 Å². The lowest BCUT2D eigenvalue weighted by Crippen LogP contribution is -2.15. The second kappa shape index (κ2) is 6.19. The van der Waals surface area contributed by atoms with Gasteiger partial charge in [0.25, 0.3) is 5.69 Å². The van der Waals surface area contributed by atoms with Crippen molar-refractivity contribution in [2.75, 3.05) is 13.7 Å². The van der Waals surface area contributed by atoms with Crippen LogP contribution in [0.2, 0.25) is 0 Å². The minimum atomic E-state index is -0.579. The van der Waals surface area contributed by atoms with Gasteiger partial charge in [-0.15, -0.1) is 0 Å². The average molecular weight is 225 g/mol. The largest absolute Gasteiger partial charge is 0.391 e. The summed E-state index contributed by atoms with van der Waals surface area (Å²) in [6.07, 6.45) is 0.352. The Hall–Kier alpha value is -1.46. The van der Waals surface area contributed by atoms with E-state index in [9.17, 15) is 15.2 Å². The van der Waals surface area contributed by atoms with Gasteiger partial charge < -0.3 is 9.84 Å². The summed E-state index contributed by atoms with van der Waals surface area (Å²) in [6, 6.07) is 6.56. The highest BCUT2D eigenvalue weighted by molar-refractivity contribution is 5.39. The van der Waals surface area contributed by atoms with Gasteiger partial charge in [-0.1, -0.05) is 18.2 Å². The molecule has 0 fully saturated rings. The fourth-order valence-electron chi connectivity index (χ4n) is 1.50. The van der Waals surface area contributed by atoms with Gasteiger partial charge in [-0.05, 0) is 12.8 Å². The summed E-state index contributed by atoms with van der Waals surface area (Å²) in [5.41, 5.74) is 0.745. The van der Waals surface area contributed by atoms with Crippen LogP contribution in [0.4, 0.5) is 5.69 Å². The molecule has 1 rings (SSSR count). The van der Waals surface area contributed by atoms with E-state index in [-0.39, 0.29) is 12.3 Å². The van der Waals surface area contributed by atoms with Crippen LogP contribution < -0.4 is 0 Å². The Balaban J connectivity index is 2.63. The van der Waals surface area contributed by atoms with Crippen molar-refractivity contribution in [3.05, 3.63) is 39.9 Å². The van der Waals surface area contributed by atoms with Crippen LogP contribution in [0.1, 0.15) is 12.0 Å². The van der Waals surface area contributed by atoms with E-state index in [1.165, 1.54) is 13.2 Å². The zero-order valence-electron chi connectivity index (χ0n) is 9.13. The van der Waals surface area contributed by atoms with Crippen LogP contribution in [-0.4, -0.2) is 29.9 Å². The van der Waals surface area contributed by atoms with Crippen LogP contribution in [0.3, 0.4) is 0 Å². The average Bonchev–Trinajstić information content (AvgIpc) is 2.27. The lowest BCUT2D eigenvalue weighted by molar-refractivity contribution is -0.385. The molecular weight excluding hydrogens is 210 g/mol. The van der Waals surface area contributed by atoms with Crippen molar-refractivity contribution < 1.29 is 14.8 Å². The van der Waals surface area contributed by atoms with E-state index in [2.05, 4.69) is 0 Å². The minimum absolute atomic E-state index is 0.104. The number of para-hydroxylation sites is 1. The maximum absolute atomic E-state index is 10.7. The number of nitro groups is 1. The summed E-state index contributed by atoms with van der Waals surface area (Å²) >= 11 is 0. The fourth-order valence-corrected chi connectivity index (χ4v) is 1.50. The predicted octanol–water partition coefficient (Wildman–Crippen LogP) is 1.53. The number of hydrogen-bond donors (Lipinski definition) is 1. The number of nitrogens with zero attached hydrogens (tertiary/aromatic N) is 1. The highest BCUT2D eigenvalue weighted by Gasteiger charge is 2.13. The number of nitro benzene ring substituents is 1. The molecule has 1 N–H and O–H groups in total. The Labute approximate surface area is 93.8 Å². The Morgan fingerprint density at radius 3 is 2.81 bits per heavy atom. The van der Waals surface area contributed by atoms with E-state index in [4.69, 9.17) is 4.74 Å². The van der Waals surface area contributed by atoms with Crippen molar-refractivity contribution in [2.45, 2.75) is 18.9 Å². The number of benzene rings is 1. The predicted molar refractivity (Wildman–Crippen MR) is 59.3 cm³/mol. The molecule has 0 radical (unpaired) electrons. The number of methoxy groups -OCH3 is 1. The first-order valence-corrected chi connectivity index (χ1v) is 5.04. The highest BCUT2D eigenvalue weighted by Crippen LogP contribution is 2.19. The lowest BCUT2D eigenvalue weighted by Gasteiger charge is -2.08. The van der Waals surface area contributed by atoms with Gasteiger partial charge in [0.05, 0.1) is 17.6 Å². The maximum Gasteiger partial charge on any atom is 0.272 e. The molecule has 0 aliphatic carbocycles. The van der Waals surface area contributed by atoms with E-state index in [0.29, 0.717) is 18.4 Å². The Bertz CT molecular complexity index is 354. The molecule has 1 atom stereocenters. The molecule has 0 amide bonds. The normalized spacial score (nSPS) is 12.4. The van der Waals surface area contributed by atoms with E-state index in [1.54, 1.807) is 18.2 Å². The third-order valence-corrected chi connectivity index (χ3v) is 2.29. The summed E-state index contributed by atoms with van der Waals surface area (Å²) in [5, 5.41) is 20.2. The molecule has 16 heavy (non-hydrogen) atoms. The fraction of sp³-hybridized carbons (Fsp3) is 0.455. The second-order valence-electron chi connectivity index (χ2n) is 3.53. The summed E-state index contributed by atoms with van der Waals surface area (Å²) in [4.78, 5) is 10.3. The van der Waals surface area contributed by atoms with Gasteiger partial charge in [-0.2, -0.15) is 0 Å². The number of aliphatic hydroxyl groups is 1. The number of aryl methyl sites for hydroxylation is 1. The number of rotatable bonds is 6. The maximum atomic E-state index is 10.7. The number of aliphatic hydroxyl groups excluding tert-OH is 1. The molecule has 1 aromatic rings. The molecule has 0 aliphatic heterocycles. The second-order valence-corrected chi connectivity index (χ2v) is 3.53. The topological polar surface area (TPSA) is 72.6 Å². The Kier molecular flexibility index (Phi) is 4.88. The summed E-state index contributed by atoms with van der Waals surface area (Å²) < 4.78 is 4.79. The van der Waals surface area contributed by atoms with Crippen LogP contribution in [0.5, 0.6) is 0 Å². The first-order valence-electron chi connectivity index (χ1n) is 5.04. The van der Waals surface area contributed by atoms with Crippen LogP contribution in [0.15, 0.2) is 24.3 Å². The smallest absolute Gasteiger partial charge is 0.272 e. The Morgan fingerprint density at radius 1 is 1.50 bits per heavy atom. The number of hydrogen-bond acceptors (Lipinski definition) is 4. The van der Waals surface area contributed by atoms with E-state index in [0.717, 1.165) is 0 Å². The quantitative estimate of drug-likeness (QED) is 0.588. The third-order valence-electron chi connectivity index (χ3n) is 2.29. The van der Waals surface area contributed by atoms with Crippen molar-refractivity contribution in [3.63, 3.8) is 0 Å². The van der Waals surface area contributed by atoms with Gasteiger partial charge in [0, 0.05) is 18.7 Å². The molecule has 88 valence electrons. The van der Waals surface area contributed by atoms with Crippen molar-refractivity contribution >= 4 is 5.69 Å². The minimum Gasteiger partial charge on any atom is -0.391 e. The van der Waals surface area contributed by atoms with E-state index < -0.39 is 11.0 Å². The molecule has 1 unspecified atom stereocenters. The van der Waals surface area contributed by atoms with Crippen molar-refractivity contribution in [2.24, 2.45) is 0 Å². The molecule has 0 saturated carbocycles. The highest BCUT2D eigenvalue weighted by atomic mass is 16.6.